The third kappa shape index (κ3) is 1.68. The highest BCUT2D eigenvalue weighted by atomic mass is 16.6. The molecule has 104 valence electrons. The molecule has 0 amide bonds. The molecular formula is C14H4O7-2. The average Bonchev–Trinajstić information content (AvgIpc) is 2.43. The molecule has 1 aliphatic heterocycles. The number of cyclic esters (lactones) is 2. The van der Waals surface area contributed by atoms with Crippen LogP contribution in [0, 0.1) is 0 Å². The van der Waals surface area contributed by atoms with Crippen molar-refractivity contribution in [2.45, 2.75) is 0 Å². The number of carboxylic acids is 2. The van der Waals surface area contributed by atoms with Gasteiger partial charge in [-0.3, -0.25) is 0 Å². The molecular weight excluding hydrogens is 280 g/mol. The Hall–Kier alpha value is -3.22. The van der Waals surface area contributed by atoms with Crippen molar-refractivity contribution < 1.29 is 34.1 Å². The zero-order valence-electron chi connectivity index (χ0n) is 10.2. The van der Waals surface area contributed by atoms with Gasteiger partial charge in [-0.15, -0.1) is 0 Å². The molecule has 3 rings (SSSR count). The van der Waals surface area contributed by atoms with E-state index >= 15 is 0 Å². The molecule has 2 aromatic carbocycles. The number of carbonyl (C=O) groups excluding carboxylic acids is 4. The number of carboxylic acid groups (broad SMARTS) is 2. The minimum Gasteiger partial charge on any atom is -0.545 e. The summed E-state index contributed by atoms with van der Waals surface area (Å²) < 4.78 is 4.50. The number of carbonyl (C=O) groups is 4. The van der Waals surface area contributed by atoms with E-state index in [1.807, 2.05) is 0 Å². The summed E-state index contributed by atoms with van der Waals surface area (Å²) in [6, 6.07) is 4.34. The standard InChI is InChI=1S/C14H6O7/c15-11(16)5-1-3-7-10-8(14(20)21-13(7)19)4-2-6(9(5)10)12(17)18/h1-4H,(H,15,16)(H,17,18)/p-2. The average molecular weight is 284 g/mol. The van der Waals surface area contributed by atoms with Gasteiger partial charge in [-0.1, -0.05) is 12.1 Å². The predicted octanol–water partition coefficient (Wildman–Crippen LogP) is -1.12. The van der Waals surface area contributed by atoms with Crippen LogP contribution in [0.15, 0.2) is 24.3 Å². The summed E-state index contributed by atoms with van der Waals surface area (Å²) >= 11 is 0. The van der Waals surface area contributed by atoms with Crippen LogP contribution in [-0.2, 0) is 4.74 Å². The van der Waals surface area contributed by atoms with Gasteiger partial charge >= 0.3 is 11.9 Å². The van der Waals surface area contributed by atoms with Gasteiger partial charge in [0.25, 0.3) is 0 Å². The molecule has 0 saturated carbocycles. The van der Waals surface area contributed by atoms with Crippen LogP contribution in [0.3, 0.4) is 0 Å². The molecule has 0 aliphatic carbocycles. The fourth-order valence-corrected chi connectivity index (χ4v) is 2.37. The van der Waals surface area contributed by atoms with Crippen molar-refractivity contribution >= 4 is 34.6 Å². The first kappa shape index (κ1) is 12.8. The highest BCUT2D eigenvalue weighted by Crippen LogP contribution is 2.33. The predicted molar refractivity (Wildman–Crippen MR) is 62.4 cm³/mol. The zero-order valence-corrected chi connectivity index (χ0v) is 10.2. The van der Waals surface area contributed by atoms with Crippen LogP contribution in [0.5, 0.6) is 0 Å². The highest BCUT2D eigenvalue weighted by Gasteiger charge is 2.29. The molecule has 0 fully saturated rings. The molecule has 1 aliphatic rings. The maximum absolute atomic E-state index is 11.7. The molecule has 7 nitrogen and oxygen atoms in total. The van der Waals surface area contributed by atoms with E-state index in [0.29, 0.717) is 0 Å². The summed E-state index contributed by atoms with van der Waals surface area (Å²) in [6.07, 6.45) is 0. The number of esters is 2. The van der Waals surface area contributed by atoms with Crippen LogP contribution in [0.2, 0.25) is 0 Å². The number of hydrogen-bond acceptors (Lipinski definition) is 7. The van der Waals surface area contributed by atoms with Gasteiger partial charge in [0, 0.05) is 21.9 Å². The van der Waals surface area contributed by atoms with Crippen molar-refractivity contribution in [3.63, 3.8) is 0 Å². The molecule has 0 unspecified atom stereocenters. The second-order valence-corrected chi connectivity index (χ2v) is 4.32. The Morgan fingerprint density at radius 2 is 1.19 bits per heavy atom. The minimum atomic E-state index is -1.63. The first-order valence-corrected chi connectivity index (χ1v) is 5.70. The van der Waals surface area contributed by atoms with Crippen molar-refractivity contribution in [1.29, 1.82) is 0 Å². The molecule has 2 aromatic rings. The highest BCUT2D eigenvalue weighted by molar-refractivity contribution is 6.25. The van der Waals surface area contributed by atoms with Crippen molar-refractivity contribution in [3.05, 3.63) is 46.5 Å². The van der Waals surface area contributed by atoms with E-state index in [9.17, 15) is 29.4 Å². The van der Waals surface area contributed by atoms with Crippen LogP contribution in [0.25, 0.3) is 10.8 Å². The Morgan fingerprint density at radius 1 is 0.762 bits per heavy atom. The molecule has 7 heteroatoms. The fourth-order valence-electron chi connectivity index (χ4n) is 2.37. The van der Waals surface area contributed by atoms with Crippen molar-refractivity contribution in [1.82, 2.24) is 0 Å². The molecule has 21 heavy (non-hydrogen) atoms. The first-order valence-electron chi connectivity index (χ1n) is 5.70. The summed E-state index contributed by atoms with van der Waals surface area (Å²) in [5.74, 6) is -5.21. The Balaban J connectivity index is 2.60. The number of aromatic carboxylic acids is 2. The number of rotatable bonds is 2. The van der Waals surface area contributed by atoms with Crippen LogP contribution >= 0.6 is 0 Å². The van der Waals surface area contributed by atoms with Gasteiger partial charge in [-0.05, 0) is 12.1 Å². The van der Waals surface area contributed by atoms with Gasteiger partial charge in [-0.2, -0.15) is 0 Å². The smallest absolute Gasteiger partial charge is 0.346 e. The molecule has 0 radical (unpaired) electrons. The van der Waals surface area contributed by atoms with E-state index in [-0.39, 0.29) is 21.9 Å². The van der Waals surface area contributed by atoms with Crippen molar-refractivity contribution in [3.8, 4) is 0 Å². The van der Waals surface area contributed by atoms with E-state index in [4.69, 9.17) is 0 Å². The number of hydrogen-bond donors (Lipinski definition) is 0. The van der Waals surface area contributed by atoms with Crippen molar-refractivity contribution in [2.24, 2.45) is 0 Å². The van der Waals surface area contributed by atoms with Gasteiger partial charge in [0.2, 0.25) is 0 Å². The van der Waals surface area contributed by atoms with E-state index in [1.54, 1.807) is 0 Å². The molecule has 0 aromatic heterocycles. The monoisotopic (exact) mass is 284 g/mol. The molecule has 0 saturated heterocycles. The molecule has 1 heterocycles. The summed E-state index contributed by atoms with van der Waals surface area (Å²) in [5.41, 5.74) is -1.07. The maximum Gasteiger partial charge on any atom is 0.346 e. The Morgan fingerprint density at radius 3 is 1.57 bits per heavy atom. The lowest BCUT2D eigenvalue weighted by Crippen LogP contribution is -2.28. The Kier molecular flexibility index (Phi) is 2.52. The molecule has 0 spiro atoms. The third-order valence-electron chi connectivity index (χ3n) is 3.23. The number of benzene rings is 2. The minimum absolute atomic E-state index is 0.0837. The Labute approximate surface area is 116 Å². The van der Waals surface area contributed by atoms with Crippen molar-refractivity contribution in [2.75, 3.05) is 0 Å². The third-order valence-corrected chi connectivity index (χ3v) is 3.23. The summed E-state index contributed by atoms with van der Waals surface area (Å²) in [4.78, 5) is 45.7. The SMILES string of the molecule is O=C([O-])c1ccc2c3c(ccc(C(=O)[O-])c13)C(=O)OC2=O. The van der Waals surface area contributed by atoms with Gasteiger partial charge in [0.15, 0.2) is 0 Å². The second-order valence-electron chi connectivity index (χ2n) is 4.32. The van der Waals surface area contributed by atoms with E-state index in [2.05, 4.69) is 4.74 Å². The van der Waals surface area contributed by atoms with E-state index in [0.717, 1.165) is 24.3 Å². The lowest BCUT2D eigenvalue weighted by Gasteiger charge is -2.20. The first-order chi connectivity index (χ1) is 9.91. The van der Waals surface area contributed by atoms with Crippen LogP contribution < -0.4 is 10.2 Å². The topological polar surface area (TPSA) is 124 Å². The Bertz CT molecular complexity index is 796. The quantitative estimate of drug-likeness (QED) is 0.505. The molecule has 0 bridgehead atoms. The largest absolute Gasteiger partial charge is 0.545 e. The van der Waals surface area contributed by atoms with Crippen LogP contribution in [-0.4, -0.2) is 23.9 Å². The van der Waals surface area contributed by atoms with Crippen LogP contribution in [0.1, 0.15) is 41.4 Å². The second kappa shape index (κ2) is 4.14. The van der Waals surface area contributed by atoms with Gasteiger partial charge in [0.1, 0.15) is 0 Å². The van der Waals surface area contributed by atoms with Gasteiger partial charge in [0.05, 0.1) is 23.1 Å². The summed E-state index contributed by atoms with van der Waals surface area (Å²) in [7, 11) is 0. The van der Waals surface area contributed by atoms with Gasteiger partial charge in [-0.25, -0.2) is 9.59 Å². The molecule has 0 atom stereocenters. The van der Waals surface area contributed by atoms with Gasteiger partial charge < -0.3 is 24.5 Å². The van der Waals surface area contributed by atoms with E-state index in [1.165, 1.54) is 0 Å². The lowest BCUT2D eigenvalue weighted by atomic mass is 9.90. The summed E-state index contributed by atoms with van der Waals surface area (Å²) in [6.45, 7) is 0. The normalized spacial score (nSPS) is 13.1. The number of ether oxygens (including phenoxy) is 1. The van der Waals surface area contributed by atoms with Crippen LogP contribution in [0.4, 0.5) is 0 Å². The summed E-state index contributed by atoms with van der Waals surface area (Å²) in [5, 5.41) is 21.9. The molecule has 0 N–H and O–H groups in total. The zero-order chi connectivity index (χ0) is 15.3. The fraction of sp³-hybridized carbons (Fsp3) is 0. The van der Waals surface area contributed by atoms with E-state index < -0.39 is 35.0 Å². The maximum atomic E-state index is 11.7. The lowest BCUT2D eigenvalue weighted by molar-refractivity contribution is -0.255.